The molecule has 0 amide bonds. The van der Waals surface area contributed by atoms with E-state index in [9.17, 15) is 5.11 Å². The van der Waals surface area contributed by atoms with Crippen molar-refractivity contribution < 1.29 is 28.8 Å². The molecular weight excluding hydrogens is 396 g/mol. The van der Waals surface area contributed by atoms with Crippen LogP contribution in [0.4, 0.5) is 0 Å². The zero-order chi connectivity index (χ0) is 20.9. The third-order valence-corrected chi connectivity index (χ3v) is 7.89. The number of hydrogen-bond donors (Lipinski definition) is 1. The van der Waals surface area contributed by atoms with Gasteiger partial charge in [-0.05, 0) is 31.2 Å². The fraction of sp³-hybridized carbons (Fsp3) is 0.760. The molecule has 6 rings (SSSR count). The van der Waals surface area contributed by atoms with Gasteiger partial charge in [-0.25, -0.2) is 0 Å². The summed E-state index contributed by atoms with van der Waals surface area (Å²) in [5.74, 6) is -1.15. The Morgan fingerprint density at radius 2 is 1.23 bits per heavy atom. The van der Waals surface area contributed by atoms with Gasteiger partial charge in [0.1, 0.15) is 36.6 Å². The van der Waals surface area contributed by atoms with Gasteiger partial charge in [0.05, 0.1) is 6.61 Å². The lowest BCUT2D eigenvalue weighted by atomic mass is 9.85. The monoisotopic (exact) mass is 430 g/mol. The summed E-state index contributed by atoms with van der Waals surface area (Å²) in [5.41, 5.74) is 1.08. The summed E-state index contributed by atoms with van der Waals surface area (Å²) in [6.45, 7) is 0.422. The largest absolute Gasteiger partial charge is 0.387 e. The molecule has 1 aromatic rings. The summed E-state index contributed by atoms with van der Waals surface area (Å²) in [5, 5.41) is 11.4. The van der Waals surface area contributed by atoms with E-state index in [0.717, 1.165) is 56.9 Å². The van der Waals surface area contributed by atoms with E-state index >= 15 is 0 Å². The molecule has 2 saturated heterocycles. The van der Waals surface area contributed by atoms with Gasteiger partial charge in [0.15, 0.2) is 11.6 Å². The van der Waals surface area contributed by atoms with Crippen LogP contribution in [0.3, 0.4) is 0 Å². The van der Waals surface area contributed by atoms with Gasteiger partial charge in [0.25, 0.3) is 0 Å². The summed E-state index contributed by atoms with van der Waals surface area (Å²) in [6.07, 6.45) is 7.70. The number of benzene rings is 1. The van der Waals surface area contributed by atoms with Crippen molar-refractivity contribution in [1.82, 2.24) is 0 Å². The van der Waals surface area contributed by atoms with Gasteiger partial charge in [-0.15, -0.1) is 0 Å². The lowest BCUT2D eigenvalue weighted by Crippen LogP contribution is -2.62. The molecule has 31 heavy (non-hydrogen) atoms. The van der Waals surface area contributed by atoms with Crippen molar-refractivity contribution in [3.63, 3.8) is 0 Å². The highest BCUT2D eigenvalue weighted by Gasteiger charge is 2.66. The number of fused-ring (bicyclic) bond motifs is 3. The minimum atomic E-state index is -0.807. The zero-order valence-electron chi connectivity index (χ0n) is 18.1. The summed E-state index contributed by atoms with van der Waals surface area (Å²) in [4.78, 5) is 0. The molecule has 3 saturated carbocycles. The lowest BCUT2D eigenvalue weighted by Gasteiger charge is -2.40. The van der Waals surface area contributed by atoms with Crippen LogP contribution in [-0.2, 0) is 30.3 Å². The first-order valence-corrected chi connectivity index (χ1v) is 12.2. The normalized spacial score (nSPS) is 40.7. The number of rotatable bonds is 3. The highest BCUT2D eigenvalue weighted by atomic mass is 16.8. The van der Waals surface area contributed by atoms with Gasteiger partial charge < -0.3 is 28.8 Å². The van der Waals surface area contributed by atoms with Gasteiger partial charge in [-0.2, -0.15) is 0 Å². The van der Waals surface area contributed by atoms with Gasteiger partial charge in [-0.3, -0.25) is 0 Å². The van der Waals surface area contributed by atoms with Crippen molar-refractivity contribution in [2.75, 3.05) is 0 Å². The van der Waals surface area contributed by atoms with Crippen molar-refractivity contribution in [3.8, 4) is 0 Å². The second-order valence-corrected chi connectivity index (χ2v) is 10.0. The molecule has 6 heteroatoms. The van der Waals surface area contributed by atoms with Crippen LogP contribution in [0.5, 0.6) is 0 Å². The van der Waals surface area contributed by atoms with E-state index in [2.05, 4.69) is 0 Å². The molecule has 2 heterocycles. The molecule has 2 spiro atoms. The van der Waals surface area contributed by atoms with Crippen LogP contribution in [0, 0.1) is 0 Å². The quantitative estimate of drug-likeness (QED) is 0.786. The zero-order valence-corrected chi connectivity index (χ0v) is 18.1. The Balaban J connectivity index is 1.28. The number of aliphatic hydroxyl groups is 1. The van der Waals surface area contributed by atoms with Crippen LogP contribution in [0.1, 0.15) is 69.8 Å². The third kappa shape index (κ3) is 3.65. The van der Waals surface area contributed by atoms with E-state index in [-0.39, 0.29) is 18.3 Å². The Morgan fingerprint density at radius 3 is 1.84 bits per heavy atom. The molecule has 0 aromatic heterocycles. The summed E-state index contributed by atoms with van der Waals surface area (Å²) >= 11 is 0. The molecular formula is C25H34O6. The minimum absolute atomic E-state index is 0.270. The highest BCUT2D eigenvalue weighted by molar-refractivity contribution is 5.14. The summed E-state index contributed by atoms with van der Waals surface area (Å²) < 4.78 is 32.6. The molecule has 6 atom stereocenters. The van der Waals surface area contributed by atoms with Crippen molar-refractivity contribution in [2.24, 2.45) is 0 Å². The van der Waals surface area contributed by atoms with Gasteiger partial charge in [0.2, 0.25) is 0 Å². The van der Waals surface area contributed by atoms with E-state index < -0.39 is 29.9 Å². The Labute approximate surface area is 184 Å². The lowest BCUT2D eigenvalue weighted by molar-refractivity contribution is -0.227. The van der Waals surface area contributed by atoms with Crippen molar-refractivity contribution >= 4 is 0 Å². The van der Waals surface area contributed by atoms with Crippen LogP contribution in [0.25, 0.3) is 0 Å². The Kier molecular flexibility index (Phi) is 5.37. The van der Waals surface area contributed by atoms with E-state index in [4.69, 9.17) is 23.7 Å². The molecule has 1 aromatic carbocycles. The molecule has 0 bridgehead atoms. The van der Waals surface area contributed by atoms with Gasteiger partial charge in [0, 0.05) is 25.7 Å². The van der Waals surface area contributed by atoms with Gasteiger partial charge >= 0.3 is 0 Å². The Bertz CT molecular complexity index is 757. The van der Waals surface area contributed by atoms with Crippen molar-refractivity contribution in [3.05, 3.63) is 35.9 Å². The standard InChI is InChI=1S/C25H34O6/c26-18-19(27-16-17-10-4-1-5-11-17)21-23(31-25(29-21)14-8-3-9-15-25)22-20(18)28-24(30-22)12-6-2-7-13-24/h1,4-5,10-11,18-23,26H,2-3,6-9,12-16H2/t18-,19-,20+,21+,22-,23+/m1/s1. The predicted octanol–water partition coefficient (Wildman–Crippen LogP) is 3.84. The molecule has 1 N–H and O–H groups in total. The molecule has 5 aliphatic rings. The smallest absolute Gasteiger partial charge is 0.169 e. The molecule has 0 unspecified atom stereocenters. The summed E-state index contributed by atoms with van der Waals surface area (Å²) in [7, 11) is 0. The number of hydrogen-bond acceptors (Lipinski definition) is 6. The second-order valence-electron chi connectivity index (χ2n) is 10.0. The van der Waals surface area contributed by atoms with Crippen molar-refractivity contribution in [1.29, 1.82) is 0 Å². The van der Waals surface area contributed by atoms with E-state index in [1.807, 2.05) is 30.3 Å². The molecule has 170 valence electrons. The SMILES string of the molecule is O[C@@H]1[C@@H](OCc2ccccc2)[C@@H]2OC3(CCCCC3)O[C@@H]2[C@@H]2OC3(CCCCC3)O[C@@H]12. The average molecular weight is 431 g/mol. The van der Waals surface area contributed by atoms with Crippen LogP contribution >= 0.6 is 0 Å². The molecule has 3 aliphatic carbocycles. The van der Waals surface area contributed by atoms with Crippen molar-refractivity contribution in [2.45, 2.75) is 119 Å². The van der Waals surface area contributed by atoms with Crippen LogP contribution in [0.2, 0.25) is 0 Å². The second kappa shape index (κ2) is 8.08. The Morgan fingerprint density at radius 1 is 0.710 bits per heavy atom. The van der Waals surface area contributed by atoms with Gasteiger partial charge in [-0.1, -0.05) is 43.2 Å². The van der Waals surface area contributed by atoms with Crippen LogP contribution in [0.15, 0.2) is 30.3 Å². The van der Waals surface area contributed by atoms with E-state index in [1.165, 1.54) is 12.8 Å². The predicted molar refractivity (Wildman–Crippen MR) is 112 cm³/mol. The average Bonchev–Trinajstić information content (AvgIpc) is 3.34. The first-order chi connectivity index (χ1) is 15.2. The fourth-order valence-corrected chi connectivity index (χ4v) is 6.34. The molecule has 2 aliphatic heterocycles. The Hall–Kier alpha value is -1.02. The number of aliphatic hydroxyl groups excluding tert-OH is 1. The highest BCUT2D eigenvalue weighted by Crippen LogP contribution is 2.51. The molecule has 6 nitrogen and oxygen atoms in total. The maximum absolute atomic E-state index is 11.4. The van der Waals surface area contributed by atoms with E-state index in [0.29, 0.717) is 6.61 Å². The maximum Gasteiger partial charge on any atom is 0.169 e. The van der Waals surface area contributed by atoms with Crippen LogP contribution in [-0.4, -0.2) is 53.3 Å². The van der Waals surface area contributed by atoms with Crippen LogP contribution < -0.4 is 0 Å². The molecule has 0 radical (unpaired) electrons. The number of ether oxygens (including phenoxy) is 5. The summed E-state index contributed by atoms with van der Waals surface area (Å²) in [6, 6.07) is 10.1. The minimum Gasteiger partial charge on any atom is -0.387 e. The first-order valence-electron chi connectivity index (χ1n) is 12.2. The topological polar surface area (TPSA) is 66.4 Å². The fourth-order valence-electron chi connectivity index (χ4n) is 6.34. The van der Waals surface area contributed by atoms with E-state index in [1.54, 1.807) is 0 Å². The third-order valence-electron chi connectivity index (χ3n) is 7.89. The maximum atomic E-state index is 11.4. The first kappa shape index (κ1) is 20.6. The molecule has 5 fully saturated rings.